The van der Waals surface area contributed by atoms with E-state index in [1.54, 1.807) is 0 Å². The van der Waals surface area contributed by atoms with Gasteiger partial charge in [0, 0.05) is 5.70 Å². The van der Waals surface area contributed by atoms with Crippen LogP contribution in [0, 0.1) is 6.92 Å². The summed E-state index contributed by atoms with van der Waals surface area (Å²) in [4.78, 5) is 5.04. The van der Waals surface area contributed by atoms with Crippen LogP contribution < -0.4 is 10.9 Å². The van der Waals surface area contributed by atoms with Crippen LogP contribution in [0.4, 0.5) is 0 Å². The van der Waals surface area contributed by atoms with Crippen molar-refractivity contribution in [2.45, 2.75) is 13.8 Å². The molecule has 0 amide bonds. The average molecular weight is 399 g/mol. The lowest BCUT2D eigenvalue weighted by Crippen LogP contribution is -2.48. The molecule has 6 rings (SSSR count). The molecule has 0 saturated carbocycles. The van der Waals surface area contributed by atoms with Crippen molar-refractivity contribution in [3.05, 3.63) is 103 Å². The summed E-state index contributed by atoms with van der Waals surface area (Å²) in [5, 5.41) is 0. The van der Waals surface area contributed by atoms with E-state index < -0.39 is 0 Å². The summed E-state index contributed by atoms with van der Waals surface area (Å²) < 4.78 is 4.62. The van der Waals surface area contributed by atoms with Gasteiger partial charge >= 0.3 is 0 Å². The van der Waals surface area contributed by atoms with Gasteiger partial charge in [-0.2, -0.15) is 0 Å². The normalized spacial score (nSPS) is 13.9. The fraction of sp³-hybridized carbons (Fsp3) is 0.0741. The van der Waals surface area contributed by atoms with Gasteiger partial charge in [-0.05, 0) is 43.6 Å². The topological polar surface area (TPSA) is 22.2 Å². The lowest BCUT2D eigenvalue weighted by atomic mass is 9.34. The first kappa shape index (κ1) is 18.0. The lowest BCUT2D eigenvalue weighted by molar-refractivity contribution is 1.14. The number of nitrogens with zero attached hydrogens (tertiary/aromatic N) is 3. The maximum atomic E-state index is 5.04. The molecule has 1 aliphatic rings. The monoisotopic (exact) mass is 399 g/mol. The molecule has 1 aliphatic heterocycles. The van der Waals surface area contributed by atoms with E-state index in [9.17, 15) is 0 Å². The second kappa shape index (κ2) is 6.61. The third kappa shape index (κ3) is 2.39. The van der Waals surface area contributed by atoms with Crippen LogP contribution in [0.3, 0.4) is 0 Å². The maximum absolute atomic E-state index is 5.04. The molecule has 0 N–H and O–H groups in total. The molecule has 0 aliphatic carbocycles. The molecule has 0 spiro atoms. The summed E-state index contributed by atoms with van der Waals surface area (Å²) in [5.41, 5.74) is 11.1. The molecule has 148 valence electrons. The van der Waals surface area contributed by atoms with Crippen LogP contribution in [0.2, 0.25) is 0 Å². The standard InChI is InChI=1S/C27H22BN3/c1-4-5-15-23-19(3)28(20-12-7-6-11-18(20)2)21-13-10-17-25-26(21)31(23)27-29-22-14-8-9-16-24(22)30(25)27/h4-17H,1H2,2-3H3/b15-5-. The van der Waals surface area contributed by atoms with Crippen molar-refractivity contribution in [2.75, 3.05) is 0 Å². The van der Waals surface area contributed by atoms with Gasteiger partial charge in [0.25, 0.3) is 0 Å². The van der Waals surface area contributed by atoms with Gasteiger partial charge in [0.15, 0.2) is 0 Å². The van der Waals surface area contributed by atoms with Gasteiger partial charge in [-0.1, -0.05) is 83.8 Å². The van der Waals surface area contributed by atoms with Crippen molar-refractivity contribution in [3.8, 4) is 0 Å². The van der Waals surface area contributed by atoms with E-state index in [0.717, 1.165) is 16.8 Å². The predicted molar refractivity (Wildman–Crippen MR) is 133 cm³/mol. The lowest BCUT2D eigenvalue weighted by Gasteiger charge is -2.27. The van der Waals surface area contributed by atoms with E-state index in [4.69, 9.17) is 4.98 Å². The van der Waals surface area contributed by atoms with Gasteiger partial charge < -0.3 is 0 Å². The van der Waals surface area contributed by atoms with Crippen LogP contribution in [0.25, 0.3) is 33.5 Å². The molecule has 0 atom stereocenters. The van der Waals surface area contributed by atoms with Crippen LogP contribution in [0.5, 0.6) is 0 Å². The van der Waals surface area contributed by atoms with Crippen LogP contribution in [0.15, 0.2) is 97.0 Å². The Hall–Kier alpha value is -3.79. The highest BCUT2D eigenvalue weighted by atomic mass is 15.2. The van der Waals surface area contributed by atoms with E-state index in [1.165, 1.54) is 38.7 Å². The molecule has 3 heterocycles. The van der Waals surface area contributed by atoms with E-state index >= 15 is 0 Å². The quantitative estimate of drug-likeness (QED) is 0.313. The second-order valence-electron chi connectivity index (χ2n) is 8.24. The van der Waals surface area contributed by atoms with Crippen LogP contribution in [0.1, 0.15) is 12.5 Å². The molecule has 0 radical (unpaired) electrons. The number of aromatic nitrogens is 3. The molecule has 3 nitrogen and oxygen atoms in total. The highest BCUT2D eigenvalue weighted by Gasteiger charge is 2.34. The number of hydrogen-bond acceptors (Lipinski definition) is 1. The number of imidazole rings is 2. The van der Waals surface area contributed by atoms with Crippen molar-refractivity contribution in [1.82, 2.24) is 14.0 Å². The highest BCUT2D eigenvalue weighted by molar-refractivity contribution is 6.93. The number of fused-ring (bicyclic) bond motifs is 5. The largest absolute Gasteiger partial charge is 0.280 e. The fourth-order valence-corrected chi connectivity index (χ4v) is 5.17. The van der Waals surface area contributed by atoms with E-state index in [-0.39, 0.29) is 6.71 Å². The van der Waals surface area contributed by atoms with Gasteiger partial charge in [-0.25, -0.2) is 4.98 Å². The van der Waals surface area contributed by atoms with Gasteiger partial charge in [0.05, 0.1) is 22.1 Å². The van der Waals surface area contributed by atoms with Crippen molar-refractivity contribution >= 4 is 51.2 Å². The van der Waals surface area contributed by atoms with Crippen molar-refractivity contribution in [3.63, 3.8) is 0 Å². The van der Waals surface area contributed by atoms with Crippen LogP contribution >= 0.6 is 0 Å². The number of allylic oxidation sites excluding steroid dienone is 5. The first-order valence-electron chi connectivity index (χ1n) is 10.7. The molecule has 3 aromatic carbocycles. The van der Waals surface area contributed by atoms with Crippen molar-refractivity contribution in [2.24, 2.45) is 0 Å². The molecule has 0 unspecified atom stereocenters. The number of aryl methyl sites for hydroxylation is 1. The molecule has 0 bridgehead atoms. The first-order valence-corrected chi connectivity index (χ1v) is 10.7. The van der Waals surface area contributed by atoms with Crippen molar-refractivity contribution < 1.29 is 0 Å². The number of rotatable bonds is 3. The molecule has 2 aromatic heterocycles. The Bertz CT molecular complexity index is 1580. The molecule has 4 heteroatoms. The highest BCUT2D eigenvalue weighted by Crippen LogP contribution is 2.33. The Morgan fingerprint density at radius 3 is 2.45 bits per heavy atom. The summed E-state index contributed by atoms with van der Waals surface area (Å²) in [7, 11) is 0. The number of para-hydroxylation sites is 3. The smallest absolute Gasteiger partial charge is 0.242 e. The van der Waals surface area contributed by atoms with E-state index in [0.29, 0.717) is 0 Å². The molecular formula is C27H22BN3. The van der Waals surface area contributed by atoms with Gasteiger partial charge in [0.2, 0.25) is 12.5 Å². The molecule has 5 aromatic rings. The second-order valence-corrected chi connectivity index (χ2v) is 8.24. The third-order valence-corrected chi connectivity index (χ3v) is 6.53. The first-order chi connectivity index (χ1) is 15.2. The van der Waals surface area contributed by atoms with Crippen LogP contribution in [-0.2, 0) is 0 Å². The van der Waals surface area contributed by atoms with E-state index in [1.807, 2.05) is 18.2 Å². The summed E-state index contributed by atoms with van der Waals surface area (Å²) in [6.07, 6.45) is 6.03. The number of benzene rings is 3. The zero-order valence-electron chi connectivity index (χ0n) is 17.7. The van der Waals surface area contributed by atoms with Crippen molar-refractivity contribution in [1.29, 1.82) is 0 Å². The minimum absolute atomic E-state index is 0.202. The molecule has 0 saturated heterocycles. The summed E-state index contributed by atoms with van der Waals surface area (Å²) in [6.45, 7) is 8.56. The van der Waals surface area contributed by atoms with Gasteiger partial charge in [-0.3, -0.25) is 8.97 Å². The van der Waals surface area contributed by atoms with Crippen LogP contribution in [-0.4, -0.2) is 20.7 Å². The SMILES string of the molecule is C=C/C=C\C1=C(C)B(c2ccccc2C)c2cccc3c2n1c1nc2ccccc2n31. The Morgan fingerprint density at radius 1 is 0.871 bits per heavy atom. The van der Waals surface area contributed by atoms with Gasteiger partial charge in [-0.15, -0.1) is 0 Å². The van der Waals surface area contributed by atoms with E-state index in [2.05, 4.69) is 96.1 Å². The maximum Gasteiger partial charge on any atom is 0.242 e. The zero-order chi connectivity index (χ0) is 21.1. The summed E-state index contributed by atoms with van der Waals surface area (Å²) >= 11 is 0. The van der Waals surface area contributed by atoms with Gasteiger partial charge in [0.1, 0.15) is 0 Å². The number of hydrogen-bond donors (Lipinski definition) is 0. The minimum atomic E-state index is 0.202. The zero-order valence-corrected chi connectivity index (χ0v) is 17.7. The third-order valence-electron chi connectivity index (χ3n) is 6.53. The summed E-state index contributed by atoms with van der Waals surface area (Å²) in [5.74, 6) is 0.954. The fourth-order valence-electron chi connectivity index (χ4n) is 5.17. The molecule has 31 heavy (non-hydrogen) atoms. The predicted octanol–water partition coefficient (Wildman–Crippen LogP) is 4.89. The molecular weight excluding hydrogens is 377 g/mol. The Balaban J connectivity index is 1.81. The Morgan fingerprint density at radius 2 is 1.61 bits per heavy atom. The average Bonchev–Trinajstić information content (AvgIpc) is 3.31. The Labute approximate surface area is 181 Å². The Kier molecular flexibility index (Phi) is 3.84. The summed E-state index contributed by atoms with van der Waals surface area (Å²) in [6, 6.07) is 23.7. The molecule has 0 fully saturated rings. The minimum Gasteiger partial charge on any atom is -0.280 e.